The quantitative estimate of drug-likeness (QED) is 0.471. The molecule has 2 aromatic rings. The summed E-state index contributed by atoms with van der Waals surface area (Å²) in [5, 5.41) is 2.62. The van der Waals surface area contributed by atoms with Crippen LogP contribution in [0.3, 0.4) is 0 Å². The topological polar surface area (TPSA) is 75.7 Å². The molecule has 150 valence electrons. The van der Waals surface area contributed by atoms with E-state index in [0.717, 1.165) is 9.20 Å². The molecule has 0 atom stereocenters. The van der Waals surface area contributed by atoms with Crippen LogP contribution in [0.1, 0.15) is 6.92 Å². The fourth-order valence-electron chi connectivity index (χ4n) is 2.49. The summed E-state index contributed by atoms with van der Waals surface area (Å²) in [5.74, 6) is -0.0404. The van der Waals surface area contributed by atoms with Crippen LogP contribution >= 0.6 is 11.8 Å². The van der Waals surface area contributed by atoms with Gasteiger partial charge >= 0.3 is 0 Å². The second kappa shape index (κ2) is 10.2. The first-order chi connectivity index (χ1) is 13.4. The molecule has 0 aliphatic carbocycles. The van der Waals surface area contributed by atoms with Gasteiger partial charge in [0.2, 0.25) is 5.91 Å². The van der Waals surface area contributed by atoms with Crippen molar-refractivity contribution in [3.05, 3.63) is 61.2 Å². The number of para-hydroxylation sites is 2. The maximum Gasteiger partial charge on any atom is 0.264 e. The summed E-state index contributed by atoms with van der Waals surface area (Å²) in [6.45, 7) is 5.62. The zero-order valence-corrected chi connectivity index (χ0v) is 17.6. The minimum Gasteiger partial charge on any atom is -0.492 e. The number of ether oxygens (including phenoxy) is 1. The van der Waals surface area contributed by atoms with Gasteiger partial charge in [-0.05, 0) is 49.6 Å². The average molecular weight is 421 g/mol. The summed E-state index contributed by atoms with van der Waals surface area (Å²) in [5.41, 5.74) is 0.312. The third kappa shape index (κ3) is 5.30. The van der Waals surface area contributed by atoms with Gasteiger partial charge in [0.05, 0.1) is 17.2 Å². The molecule has 2 rings (SSSR count). The van der Waals surface area contributed by atoms with E-state index in [-0.39, 0.29) is 18.0 Å². The number of nitrogens with one attached hydrogen (secondary N) is 1. The second-order valence-corrected chi connectivity index (χ2v) is 8.42. The van der Waals surface area contributed by atoms with Gasteiger partial charge in [-0.2, -0.15) is 0 Å². The lowest BCUT2D eigenvalue weighted by Gasteiger charge is -2.26. The first kappa shape index (κ1) is 21.8. The van der Waals surface area contributed by atoms with Gasteiger partial charge in [-0.25, -0.2) is 8.42 Å². The number of benzene rings is 2. The minimum absolute atomic E-state index is 0.105. The van der Waals surface area contributed by atoms with Crippen LogP contribution in [0, 0.1) is 0 Å². The molecule has 28 heavy (non-hydrogen) atoms. The molecule has 0 fully saturated rings. The van der Waals surface area contributed by atoms with E-state index in [0.29, 0.717) is 18.0 Å². The molecule has 1 amide bonds. The first-order valence-corrected chi connectivity index (χ1v) is 11.4. The number of hydrogen-bond donors (Lipinski definition) is 1. The third-order valence-electron chi connectivity index (χ3n) is 3.81. The highest BCUT2D eigenvalue weighted by Crippen LogP contribution is 2.32. The van der Waals surface area contributed by atoms with Crippen LogP contribution in [0.15, 0.2) is 71.0 Å². The van der Waals surface area contributed by atoms with Crippen molar-refractivity contribution in [1.82, 2.24) is 5.32 Å². The van der Waals surface area contributed by atoms with Gasteiger partial charge in [-0.3, -0.25) is 9.10 Å². The Balaban J connectivity index is 2.50. The summed E-state index contributed by atoms with van der Waals surface area (Å²) in [6.07, 6.45) is 3.45. The number of carbonyl (C=O) groups excluding carboxylic acids is 1. The van der Waals surface area contributed by atoms with Gasteiger partial charge < -0.3 is 10.1 Å². The summed E-state index contributed by atoms with van der Waals surface area (Å²) in [7, 11) is -3.98. The molecule has 0 aliphatic rings. The number of hydrogen-bond acceptors (Lipinski definition) is 5. The maximum atomic E-state index is 13.4. The van der Waals surface area contributed by atoms with Gasteiger partial charge in [0.25, 0.3) is 10.0 Å². The van der Waals surface area contributed by atoms with E-state index >= 15 is 0 Å². The van der Waals surface area contributed by atoms with Crippen molar-refractivity contribution in [2.75, 3.05) is 30.3 Å². The number of sulfonamides is 1. The SMILES string of the molecule is C=CCNC(=O)CN(c1ccccc1OCC)S(=O)(=O)c1ccc(SC)cc1. The highest BCUT2D eigenvalue weighted by Gasteiger charge is 2.29. The summed E-state index contributed by atoms with van der Waals surface area (Å²) < 4.78 is 33.4. The molecule has 0 unspecified atom stereocenters. The van der Waals surface area contributed by atoms with E-state index in [9.17, 15) is 13.2 Å². The molecule has 8 heteroatoms. The summed E-state index contributed by atoms with van der Waals surface area (Å²) in [6, 6.07) is 13.3. The van der Waals surface area contributed by atoms with Crippen molar-refractivity contribution in [3.63, 3.8) is 0 Å². The molecule has 0 aliphatic heterocycles. The lowest BCUT2D eigenvalue weighted by Crippen LogP contribution is -2.41. The molecule has 6 nitrogen and oxygen atoms in total. The Bertz CT molecular complexity index is 912. The standard InChI is InChI=1S/C20H24N2O4S2/c1-4-14-21-20(23)15-22(18-8-6-7-9-19(18)26-5-2)28(24,25)17-12-10-16(27-3)11-13-17/h4,6-13H,1,5,14-15H2,2-3H3,(H,21,23). The van der Waals surface area contributed by atoms with Crippen molar-refractivity contribution in [1.29, 1.82) is 0 Å². The monoisotopic (exact) mass is 420 g/mol. The number of thioether (sulfide) groups is 1. The van der Waals surface area contributed by atoms with E-state index in [4.69, 9.17) is 4.74 Å². The van der Waals surface area contributed by atoms with E-state index in [2.05, 4.69) is 11.9 Å². The van der Waals surface area contributed by atoms with Crippen LogP contribution < -0.4 is 14.4 Å². The Morgan fingerprint density at radius 3 is 2.50 bits per heavy atom. The van der Waals surface area contributed by atoms with Crippen molar-refractivity contribution < 1.29 is 17.9 Å². The van der Waals surface area contributed by atoms with Crippen molar-refractivity contribution in [2.24, 2.45) is 0 Å². The Morgan fingerprint density at radius 2 is 1.89 bits per heavy atom. The zero-order valence-electron chi connectivity index (χ0n) is 15.9. The summed E-state index contributed by atoms with van der Waals surface area (Å²) in [4.78, 5) is 13.4. The fraction of sp³-hybridized carbons (Fsp3) is 0.250. The van der Waals surface area contributed by atoms with Gasteiger partial charge in [0.1, 0.15) is 12.3 Å². The Labute approximate surface area is 170 Å². The van der Waals surface area contributed by atoms with Gasteiger partial charge in [0.15, 0.2) is 0 Å². The smallest absolute Gasteiger partial charge is 0.264 e. The number of carbonyl (C=O) groups is 1. The number of amides is 1. The fourth-order valence-corrected chi connectivity index (χ4v) is 4.33. The molecule has 0 aromatic heterocycles. The maximum absolute atomic E-state index is 13.4. The molecule has 0 radical (unpaired) electrons. The van der Waals surface area contributed by atoms with E-state index in [1.54, 1.807) is 48.5 Å². The highest BCUT2D eigenvalue weighted by atomic mass is 32.2. The molecule has 0 saturated heterocycles. The van der Waals surface area contributed by atoms with Crippen LogP contribution in [0.25, 0.3) is 0 Å². The van der Waals surface area contributed by atoms with Crippen LogP contribution in [-0.4, -0.2) is 40.3 Å². The van der Waals surface area contributed by atoms with Crippen LogP contribution in [-0.2, 0) is 14.8 Å². The Morgan fingerprint density at radius 1 is 1.21 bits per heavy atom. The molecule has 0 bridgehead atoms. The lowest BCUT2D eigenvalue weighted by molar-refractivity contribution is -0.119. The van der Waals surface area contributed by atoms with Crippen LogP contribution in [0.4, 0.5) is 5.69 Å². The molecule has 2 aromatic carbocycles. The van der Waals surface area contributed by atoms with Crippen molar-refractivity contribution >= 4 is 33.4 Å². The normalized spacial score (nSPS) is 10.9. The lowest BCUT2D eigenvalue weighted by atomic mass is 10.3. The van der Waals surface area contributed by atoms with Crippen molar-refractivity contribution in [3.8, 4) is 5.75 Å². The Kier molecular flexibility index (Phi) is 7.95. The predicted molar refractivity (Wildman–Crippen MR) is 114 cm³/mol. The van der Waals surface area contributed by atoms with E-state index in [1.807, 2.05) is 13.2 Å². The first-order valence-electron chi connectivity index (χ1n) is 8.70. The van der Waals surface area contributed by atoms with Crippen LogP contribution in [0.2, 0.25) is 0 Å². The van der Waals surface area contributed by atoms with Crippen molar-refractivity contribution in [2.45, 2.75) is 16.7 Å². The zero-order chi connectivity index (χ0) is 20.6. The second-order valence-electron chi connectivity index (χ2n) is 5.68. The van der Waals surface area contributed by atoms with E-state index < -0.39 is 15.9 Å². The third-order valence-corrected chi connectivity index (χ3v) is 6.33. The predicted octanol–water partition coefficient (Wildman–Crippen LogP) is 3.30. The molecule has 0 heterocycles. The largest absolute Gasteiger partial charge is 0.492 e. The number of anilines is 1. The highest BCUT2D eigenvalue weighted by molar-refractivity contribution is 7.98. The van der Waals surface area contributed by atoms with Crippen LogP contribution in [0.5, 0.6) is 5.75 Å². The molecule has 0 spiro atoms. The minimum atomic E-state index is -3.98. The summed E-state index contributed by atoms with van der Waals surface area (Å²) >= 11 is 1.52. The van der Waals surface area contributed by atoms with Gasteiger partial charge in [-0.15, -0.1) is 18.3 Å². The van der Waals surface area contributed by atoms with Gasteiger partial charge in [0, 0.05) is 11.4 Å². The number of rotatable bonds is 10. The Hall–Kier alpha value is -2.45. The average Bonchev–Trinajstić information content (AvgIpc) is 2.71. The molecule has 0 saturated carbocycles. The van der Waals surface area contributed by atoms with Gasteiger partial charge in [-0.1, -0.05) is 18.2 Å². The molecule has 1 N–H and O–H groups in total. The molecular formula is C20H24N2O4S2. The number of nitrogens with zero attached hydrogens (tertiary/aromatic N) is 1. The van der Waals surface area contributed by atoms with E-state index in [1.165, 1.54) is 17.8 Å². The molecular weight excluding hydrogens is 396 g/mol.